The van der Waals surface area contributed by atoms with E-state index >= 15 is 0 Å². The molecule has 1 saturated heterocycles. The Kier molecular flexibility index (Phi) is 3.89. The van der Waals surface area contributed by atoms with Crippen LogP contribution in [0.4, 0.5) is 4.39 Å². The van der Waals surface area contributed by atoms with Crippen LogP contribution in [0.15, 0.2) is 6.07 Å². The minimum absolute atomic E-state index is 0.114. The number of halogens is 2. The van der Waals surface area contributed by atoms with Crippen LogP contribution in [0.2, 0.25) is 5.02 Å². The van der Waals surface area contributed by atoms with Gasteiger partial charge in [-0.1, -0.05) is 24.1 Å². The molecule has 1 atom stereocenters. The maximum atomic E-state index is 13.8. The van der Waals surface area contributed by atoms with Gasteiger partial charge in [-0.3, -0.25) is 0 Å². The van der Waals surface area contributed by atoms with Gasteiger partial charge in [0.05, 0.1) is 5.02 Å². The first-order valence-corrected chi connectivity index (χ1v) is 6.37. The number of nitrogens with one attached hydrogen (secondary N) is 1. The number of phenolic OH excluding ortho intramolecular Hbond substituents is 1. The summed E-state index contributed by atoms with van der Waals surface area (Å²) in [6.07, 6.45) is 4.03. The zero-order valence-electron chi connectivity index (χ0n) is 9.89. The van der Waals surface area contributed by atoms with Gasteiger partial charge in [0.15, 0.2) is 11.6 Å². The molecule has 1 fully saturated rings. The minimum atomic E-state index is -0.576. The smallest absolute Gasteiger partial charge is 0.170 e. The fourth-order valence-electron chi connectivity index (χ4n) is 2.34. The van der Waals surface area contributed by atoms with Gasteiger partial charge in [-0.05, 0) is 43.9 Å². The number of hydrogen-bond donors (Lipinski definition) is 2. The molecular formula is C13H17ClFNO. The second-order valence-corrected chi connectivity index (χ2v) is 5.06. The first-order chi connectivity index (χ1) is 8.09. The largest absolute Gasteiger partial charge is 0.504 e. The summed E-state index contributed by atoms with van der Waals surface area (Å²) in [7, 11) is 0. The number of piperidine rings is 1. The highest BCUT2D eigenvalue weighted by molar-refractivity contribution is 6.32. The maximum absolute atomic E-state index is 13.8. The molecule has 2 rings (SSSR count). The second kappa shape index (κ2) is 5.23. The molecule has 4 heteroatoms. The number of rotatable bonds is 2. The predicted octanol–water partition coefficient (Wildman–Crippen LogP) is 3.18. The quantitative estimate of drug-likeness (QED) is 0.853. The van der Waals surface area contributed by atoms with Crippen LogP contribution in [0, 0.1) is 12.7 Å². The Morgan fingerprint density at radius 1 is 1.53 bits per heavy atom. The summed E-state index contributed by atoms with van der Waals surface area (Å²) in [5, 5.41) is 13.1. The molecule has 2 nitrogen and oxygen atoms in total. The fourth-order valence-corrected chi connectivity index (χ4v) is 2.47. The van der Waals surface area contributed by atoms with E-state index in [-0.39, 0.29) is 5.02 Å². The highest BCUT2D eigenvalue weighted by Gasteiger charge is 2.19. The number of aryl methyl sites for hydroxylation is 1. The number of aromatic hydroxyl groups is 1. The van der Waals surface area contributed by atoms with Gasteiger partial charge in [0.2, 0.25) is 0 Å². The lowest BCUT2D eigenvalue weighted by atomic mass is 9.96. The van der Waals surface area contributed by atoms with Gasteiger partial charge < -0.3 is 10.4 Å². The van der Waals surface area contributed by atoms with E-state index in [1.807, 2.05) is 0 Å². The third-order valence-corrected chi connectivity index (χ3v) is 3.79. The molecule has 1 aliphatic rings. The molecule has 0 saturated carbocycles. The zero-order chi connectivity index (χ0) is 12.4. The molecule has 0 amide bonds. The Bertz CT molecular complexity index is 416. The van der Waals surface area contributed by atoms with Crippen LogP contribution in [0.3, 0.4) is 0 Å². The van der Waals surface area contributed by atoms with Gasteiger partial charge in [-0.25, -0.2) is 4.39 Å². The fraction of sp³-hybridized carbons (Fsp3) is 0.538. The van der Waals surface area contributed by atoms with Crippen molar-refractivity contribution in [2.24, 2.45) is 0 Å². The van der Waals surface area contributed by atoms with Gasteiger partial charge in [-0.2, -0.15) is 0 Å². The Hall–Kier alpha value is -0.800. The van der Waals surface area contributed by atoms with Gasteiger partial charge in [0, 0.05) is 6.04 Å². The van der Waals surface area contributed by atoms with Crippen molar-refractivity contribution in [3.05, 3.63) is 28.0 Å². The van der Waals surface area contributed by atoms with Crippen LogP contribution >= 0.6 is 11.6 Å². The summed E-state index contributed by atoms with van der Waals surface area (Å²) in [5.74, 6) is -0.995. The van der Waals surface area contributed by atoms with Crippen LogP contribution in [-0.4, -0.2) is 17.7 Å². The van der Waals surface area contributed by atoms with Crippen molar-refractivity contribution in [2.45, 2.75) is 38.6 Å². The van der Waals surface area contributed by atoms with E-state index in [2.05, 4.69) is 5.32 Å². The molecule has 2 N–H and O–H groups in total. The molecular weight excluding hydrogens is 241 g/mol. The normalized spacial score (nSPS) is 20.5. The zero-order valence-corrected chi connectivity index (χ0v) is 10.6. The third kappa shape index (κ3) is 2.72. The van der Waals surface area contributed by atoms with Crippen molar-refractivity contribution in [1.82, 2.24) is 5.32 Å². The van der Waals surface area contributed by atoms with Gasteiger partial charge in [0.25, 0.3) is 0 Å². The standard InChI is InChI=1S/C13H17ClFNO/c1-8-6-9(12(15)13(17)11(8)14)7-10-4-2-3-5-16-10/h6,10,16-17H,2-5,7H2,1H3. The summed E-state index contributed by atoms with van der Waals surface area (Å²) < 4.78 is 13.8. The van der Waals surface area contributed by atoms with Gasteiger partial charge in [0.1, 0.15) is 0 Å². The van der Waals surface area contributed by atoms with Crippen molar-refractivity contribution >= 4 is 11.6 Å². The molecule has 0 aromatic heterocycles. The molecule has 0 bridgehead atoms. The van der Waals surface area contributed by atoms with Crippen LogP contribution in [-0.2, 0) is 6.42 Å². The lowest BCUT2D eigenvalue weighted by Gasteiger charge is -2.24. The average molecular weight is 258 g/mol. The summed E-state index contributed by atoms with van der Waals surface area (Å²) in [5.41, 5.74) is 1.26. The summed E-state index contributed by atoms with van der Waals surface area (Å²) in [6, 6.07) is 2.03. The van der Waals surface area contributed by atoms with Gasteiger partial charge in [-0.15, -0.1) is 0 Å². The van der Waals surface area contributed by atoms with Crippen molar-refractivity contribution < 1.29 is 9.50 Å². The SMILES string of the molecule is Cc1cc(CC2CCCCN2)c(F)c(O)c1Cl. The lowest BCUT2D eigenvalue weighted by Crippen LogP contribution is -2.35. The number of benzene rings is 1. The van der Waals surface area contributed by atoms with Crippen molar-refractivity contribution in [1.29, 1.82) is 0 Å². The van der Waals surface area contributed by atoms with Crippen LogP contribution < -0.4 is 5.32 Å². The van der Waals surface area contributed by atoms with E-state index < -0.39 is 11.6 Å². The molecule has 0 aliphatic carbocycles. The molecule has 0 spiro atoms. The summed E-state index contributed by atoms with van der Waals surface area (Å²) in [6.45, 7) is 2.77. The topological polar surface area (TPSA) is 32.3 Å². The molecule has 1 heterocycles. The number of phenols is 1. The van der Waals surface area contributed by atoms with Crippen molar-refractivity contribution in [2.75, 3.05) is 6.54 Å². The minimum Gasteiger partial charge on any atom is -0.504 e. The second-order valence-electron chi connectivity index (χ2n) is 4.68. The monoisotopic (exact) mass is 257 g/mol. The van der Waals surface area contributed by atoms with E-state index in [1.54, 1.807) is 13.0 Å². The van der Waals surface area contributed by atoms with E-state index in [0.717, 1.165) is 18.5 Å². The lowest BCUT2D eigenvalue weighted by molar-refractivity contribution is 0.388. The summed E-state index contributed by atoms with van der Waals surface area (Å²) in [4.78, 5) is 0. The number of hydrogen-bond acceptors (Lipinski definition) is 2. The van der Waals surface area contributed by atoms with Gasteiger partial charge >= 0.3 is 0 Å². The maximum Gasteiger partial charge on any atom is 0.170 e. The predicted molar refractivity (Wildman–Crippen MR) is 67.2 cm³/mol. The van der Waals surface area contributed by atoms with Crippen molar-refractivity contribution in [3.8, 4) is 5.75 Å². The molecule has 1 aromatic rings. The molecule has 1 unspecified atom stereocenters. The molecule has 1 aliphatic heterocycles. The van der Waals surface area contributed by atoms with Crippen LogP contribution in [0.5, 0.6) is 5.75 Å². The highest BCUT2D eigenvalue weighted by atomic mass is 35.5. The van der Waals surface area contributed by atoms with E-state index in [1.165, 1.54) is 12.8 Å². The Balaban J connectivity index is 2.20. The average Bonchev–Trinajstić information content (AvgIpc) is 2.35. The molecule has 1 aromatic carbocycles. The van der Waals surface area contributed by atoms with Crippen LogP contribution in [0.1, 0.15) is 30.4 Å². The van der Waals surface area contributed by atoms with E-state index in [9.17, 15) is 9.50 Å². The first kappa shape index (κ1) is 12.7. The summed E-state index contributed by atoms with van der Waals surface area (Å²) >= 11 is 5.79. The molecule has 17 heavy (non-hydrogen) atoms. The first-order valence-electron chi connectivity index (χ1n) is 5.99. The Morgan fingerprint density at radius 2 is 2.29 bits per heavy atom. The van der Waals surface area contributed by atoms with E-state index in [4.69, 9.17) is 11.6 Å². The Morgan fingerprint density at radius 3 is 2.94 bits per heavy atom. The third-order valence-electron chi connectivity index (χ3n) is 3.31. The molecule has 94 valence electrons. The van der Waals surface area contributed by atoms with E-state index in [0.29, 0.717) is 18.0 Å². The highest BCUT2D eigenvalue weighted by Crippen LogP contribution is 2.32. The molecule has 0 radical (unpaired) electrons. The Labute approximate surface area is 106 Å². The van der Waals surface area contributed by atoms with Crippen molar-refractivity contribution in [3.63, 3.8) is 0 Å². The van der Waals surface area contributed by atoms with Crippen LogP contribution in [0.25, 0.3) is 0 Å².